The molecule has 1 atom stereocenters. The fraction of sp³-hybridized carbons (Fsp3) is 0.389. The zero-order chi connectivity index (χ0) is 18.9. The van der Waals surface area contributed by atoms with Gasteiger partial charge in [-0.1, -0.05) is 17.7 Å². The zero-order valence-electron chi connectivity index (χ0n) is 15.5. The predicted molar refractivity (Wildman–Crippen MR) is 122 cm³/mol. The van der Waals surface area contributed by atoms with Crippen LogP contribution in [0.25, 0.3) is 0 Å². The first-order valence-corrected chi connectivity index (χ1v) is 9.43. The predicted octanol–water partition coefficient (Wildman–Crippen LogP) is 3.83. The number of nitrogens with one attached hydrogen (secondary N) is 2. The number of ether oxygens (including phenoxy) is 2. The van der Waals surface area contributed by atoms with Gasteiger partial charge in [0.05, 0.1) is 25.1 Å². The molecule has 0 bridgehead atoms. The number of aliphatic hydroxyl groups is 1. The lowest BCUT2D eigenvalue weighted by atomic mass is 10.2. The van der Waals surface area contributed by atoms with Crippen LogP contribution in [0.2, 0.25) is 4.34 Å². The summed E-state index contributed by atoms with van der Waals surface area (Å²) in [6.07, 6.45) is -0.641. The van der Waals surface area contributed by atoms with Gasteiger partial charge in [0.25, 0.3) is 0 Å². The minimum atomic E-state index is -0.641. The molecule has 0 aliphatic heterocycles. The minimum absolute atomic E-state index is 0. The van der Waals surface area contributed by atoms with Gasteiger partial charge in [-0.2, -0.15) is 0 Å². The molecule has 0 aliphatic carbocycles. The number of hydrogen-bond acceptors (Lipinski definition) is 5. The highest BCUT2D eigenvalue weighted by Gasteiger charge is 2.11. The standard InChI is InChI=1S/C18H24ClN3O3S.HI/c1-4-20-18(22-11-13(23)16-7-8-17(19)26-16)21-10-12-5-6-14(24-2)15(9-12)25-3;/h5-9,13,23H,4,10-11H2,1-3H3,(H2,20,21,22);1H. The molecule has 27 heavy (non-hydrogen) atoms. The Morgan fingerprint density at radius 1 is 1.19 bits per heavy atom. The molecular formula is C18H25ClIN3O3S. The fourth-order valence-electron chi connectivity index (χ4n) is 2.29. The van der Waals surface area contributed by atoms with E-state index in [-0.39, 0.29) is 24.0 Å². The average Bonchev–Trinajstić information content (AvgIpc) is 3.09. The second-order valence-corrected chi connectivity index (χ2v) is 7.17. The van der Waals surface area contributed by atoms with Crippen molar-refractivity contribution < 1.29 is 14.6 Å². The van der Waals surface area contributed by atoms with Gasteiger partial charge in [0, 0.05) is 18.0 Å². The molecule has 2 aromatic rings. The van der Waals surface area contributed by atoms with Crippen LogP contribution in [0.1, 0.15) is 23.5 Å². The zero-order valence-corrected chi connectivity index (χ0v) is 19.4. The van der Waals surface area contributed by atoms with Gasteiger partial charge in [-0.05, 0) is 36.8 Å². The number of aliphatic imine (C=N–C) groups is 1. The van der Waals surface area contributed by atoms with Gasteiger partial charge in [-0.15, -0.1) is 35.3 Å². The Morgan fingerprint density at radius 2 is 1.93 bits per heavy atom. The van der Waals surface area contributed by atoms with Crippen molar-refractivity contribution in [3.05, 3.63) is 45.1 Å². The van der Waals surface area contributed by atoms with Crippen LogP contribution < -0.4 is 20.1 Å². The number of rotatable bonds is 8. The molecule has 0 radical (unpaired) electrons. The van der Waals surface area contributed by atoms with Crippen LogP contribution >= 0.6 is 46.9 Å². The Hall–Kier alpha value is -1.23. The largest absolute Gasteiger partial charge is 0.493 e. The molecule has 0 spiro atoms. The van der Waals surface area contributed by atoms with Gasteiger partial charge in [0.2, 0.25) is 0 Å². The van der Waals surface area contributed by atoms with E-state index in [1.54, 1.807) is 20.3 Å². The van der Waals surface area contributed by atoms with Gasteiger partial charge in [0.15, 0.2) is 17.5 Å². The highest BCUT2D eigenvalue weighted by atomic mass is 127. The first-order valence-electron chi connectivity index (χ1n) is 8.23. The Labute approximate surface area is 186 Å². The molecule has 1 aromatic carbocycles. The van der Waals surface area contributed by atoms with E-state index in [1.165, 1.54) is 11.3 Å². The van der Waals surface area contributed by atoms with Crippen LogP contribution in [0.3, 0.4) is 0 Å². The van der Waals surface area contributed by atoms with Crippen molar-refractivity contribution in [1.29, 1.82) is 0 Å². The minimum Gasteiger partial charge on any atom is -0.493 e. The quantitative estimate of drug-likeness (QED) is 0.278. The molecule has 1 heterocycles. The van der Waals surface area contributed by atoms with E-state index in [2.05, 4.69) is 15.6 Å². The third-order valence-electron chi connectivity index (χ3n) is 3.60. The van der Waals surface area contributed by atoms with E-state index < -0.39 is 6.10 Å². The van der Waals surface area contributed by atoms with E-state index in [9.17, 15) is 5.11 Å². The molecule has 0 saturated carbocycles. The first kappa shape index (κ1) is 23.8. The number of benzene rings is 1. The number of methoxy groups -OCH3 is 2. The first-order chi connectivity index (χ1) is 12.6. The third-order valence-corrected chi connectivity index (χ3v) is 4.93. The summed E-state index contributed by atoms with van der Waals surface area (Å²) in [6.45, 7) is 3.52. The number of halogens is 2. The van der Waals surface area contributed by atoms with Crippen molar-refractivity contribution in [2.75, 3.05) is 27.3 Å². The molecule has 3 N–H and O–H groups in total. The molecule has 1 unspecified atom stereocenters. The van der Waals surface area contributed by atoms with Crippen molar-refractivity contribution in [2.45, 2.75) is 19.6 Å². The number of guanidine groups is 1. The normalized spacial score (nSPS) is 12.1. The maximum atomic E-state index is 10.2. The van der Waals surface area contributed by atoms with Crippen molar-refractivity contribution >= 4 is 52.9 Å². The Morgan fingerprint density at radius 3 is 2.52 bits per heavy atom. The van der Waals surface area contributed by atoms with Gasteiger partial charge < -0.3 is 25.2 Å². The molecule has 2 rings (SSSR count). The third kappa shape index (κ3) is 7.36. The average molecular weight is 526 g/mol. The smallest absolute Gasteiger partial charge is 0.191 e. The second-order valence-electron chi connectivity index (χ2n) is 5.42. The molecular weight excluding hydrogens is 501 g/mol. The molecule has 0 saturated heterocycles. The van der Waals surface area contributed by atoms with Gasteiger partial charge in [-0.3, -0.25) is 0 Å². The number of hydrogen-bond donors (Lipinski definition) is 3. The maximum Gasteiger partial charge on any atom is 0.191 e. The Balaban J connectivity index is 0.00000364. The molecule has 0 aliphatic rings. The number of nitrogens with zero attached hydrogens (tertiary/aromatic N) is 1. The highest BCUT2D eigenvalue weighted by molar-refractivity contribution is 14.0. The molecule has 0 amide bonds. The molecule has 150 valence electrons. The molecule has 6 nitrogen and oxygen atoms in total. The van der Waals surface area contributed by atoms with Crippen LogP contribution in [0.4, 0.5) is 0 Å². The summed E-state index contributed by atoms with van der Waals surface area (Å²) in [5, 5.41) is 16.5. The summed E-state index contributed by atoms with van der Waals surface area (Å²) >= 11 is 7.28. The van der Waals surface area contributed by atoms with Crippen LogP contribution in [-0.4, -0.2) is 38.4 Å². The topological polar surface area (TPSA) is 75.1 Å². The SMILES string of the molecule is CCNC(=NCc1ccc(OC)c(OC)c1)NCC(O)c1ccc(Cl)s1.I. The molecule has 0 fully saturated rings. The summed E-state index contributed by atoms with van der Waals surface area (Å²) in [5.41, 5.74) is 0.991. The van der Waals surface area contributed by atoms with Gasteiger partial charge >= 0.3 is 0 Å². The van der Waals surface area contributed by atoms with Crippen molar-refractivity contribution in [3.63, 3.8) is 0 Å². The van der Waals surface area contributed by atoms with Crippen LogP contribution in [0.15, 0.2) is 35.3 Å². The summed E-state index contributed by atoms with van der Waals surface area (Å²) < 4.78 is 11.2. The maximum absolute atomic E-state index is 10.2. The fourth-order valence-corrected chi connectivity index (χ4v) is 3.34. The van der Waals surface area contributed by atoms with E-state index >= 15 is 0 Å². The summed E-state index contributed by atoms with van der Waals surface area (Å²) in [7, 11) is 3.21. The summed E-state index contributed by atoms with van der Waals surface area (Å²) in [6, 6.07) is 9.30. The van der Waals surface area contributed by atoms with Crippen molar-refractivity contribution in [3.8, 4) is 11.5 Å². The van der Waals surface area contributed by atoms with Crippen LogP contribution in [-0.2, 0) is 6.54 Å². The lowest BCUT2D eigenvalue weighted by Gasteiger charge is -2.14. The second kappa shape index (κ2) is 12.3. The van der Waals surface area contributed by atoms with E-state index in [0.717, 1.165) is 17.0 Å². The Bertz CT molecular complexity index is 742. The summed E-state index contributed by atoms with van der Waals surface area (Å²) in [4.78, 5) is 5.37. The number of thiophene rings is 1. The Kier molecular flexibility index (Phi) is 10.8. The van der Waals surface area contributed by atoms with Gasteiger partial charge in [-0.25, -0.2) is 4.99 Å². The molecule has 9 heteroatoms. The van der Waals surface area contributed by atoms with E-state index in [4.69, 9.17) is 21.1 Å². The lowest BCUT2D eigenvalue weighted by Crippen LogP contribution is -2.39. The van der Waals surface area contributed by atoms with E-state index in [0.29, 0.717) is 34.9 Å². The number of aliphatic hydroxyl groups excluding tert-OH is 1. The van der Waals surface area contributed by atoms with Crippen LogP contribution in [0.5, 0.6) is 11.5 Å². The van der Waals surface area contributed by atoms with Crippen molar-refractivity contribution in [2.24, 2.45) is 4.99 Å². The van der Waals surface area contributed by atoms with Gasteiger partial charge in [0.1, 0.15) is 6.10 Å². The lowest BCUT2D eigenvalue weighted by molar-refractivity contribution is 0.184. The van der Waals surface area contributed by atoms with E-state index in [1.807, 2.05) is 31.2 Å². The highest BCUT2D eigenvalue weighted by Crippen LogP contribution is 2.28. The monoisotopic (exact) mass is 525 g/mol. The van der Waals surface area contributed by atoms with Crippen LogP contribution in [0, 0.1) is 0 Å². The van der Waals surface area contributed by atoms with Crippen molar-refractivity contribution in [1.82, 2.24) is 10.6 Å². The molecule has 1 aromatic heterocycles. The summed E-state index contributed by atoms with van der Waals surface area (Å²) in [5.74, 6) is 1.98.